The molecule has 0 aromatic carbocycles. The summed E-state index contributed by atoms with van der Waals surface area (Å²) >= 11 is 0. The molecule has 2 aliphatic rings. The summed E-state index contributed by atoms with van der Waals surface area (Å²) in [7, 11) is 0. The van der Waals surface area contributed by atoms with E-state index >= 15 is 0 Å². The largest absolute Gasteiger partial charge is 0.480 e. The molecule has 1 aromatic rings. The fourth-order valence-corrected chi connectivity index (χ4v) is 3.31. The van der Waals surface area contributed by atoms with Crippen LogP contribution in [0.5, 0.6) is 0 Å². The number of carboxylic acid groups (broad SMARTS) is 1. The van der Waals surface area contributed by atoms with Crippen LogP contribution in [0.1, 0.15) is 48.2 Å². The summed E-state index contributed by atoms with van der Waals surface area (Å²) in [6.45, 7) is -0.586. The quantitative estimate of drug-likeness (QED) is 0.921. The average molecular weight is 290 g/mol. The second-order valence-electron chi connectivity index (χ2n) is 5.88. The van der Waals surface area contributed by atoms with Crippen LogP contribution in [-0.2, 0) is 11.2 Å². The van der Waals surface area contributed by atoms with E-state index in [2.05, 4.69) is 0 Å². The average Bonchev–Trinajstić information content (AvgIpc) is 2.95. The van der Waals surface area contributed by atoms with Crippen LogP contribution in [0.3, 0.4) is 0 Å². The SMILES string of the molecule is O=C(O)CN1C(=O)c2cc(CC3CCCCC3)cn2C1=O. The lowest BCUT2D eigenvalue weighted by molar-refractivity contribution is -0.137. The first-order chi connectivity index (χ1) is 10.1. The number of imide groups is 1. The third kappa shape index (κ3) is 2.57. The van der Waals surface area contributed by atoms with Gasteiger partial charge in [-0.05, 0) is 24.0 Å². The van der Waals surface area contributed by atoms with Gasteiger partial charge >= 0.3 is 12.0 Å². The van der Waals surface area contributed by atoms with Crippen LogP contribution in [0.15, 0.2) is 12.3 Å². The van der Waals surface area contributed by atoms with Crippen molar-refractivity contribution in [2.24, 2.45) is 5.92 Å². The van der Waals surface area contributed by atoms with Crippen molar-refractivity contribution in [1.82, 2.24) is 9.47 Å². The summed E-state index contributed by atoms with van der Waals surface area (Å²) in [5.74, 6) is -1.08. The molecule has 0 saturated heterocycles. The number of nitrogens with zero attached hydrogens (tertiary/aromatic N) is 2. The molecule has 21 heavy (non-hydrogen) atoms. The Bertz CT molecular complexity index is 565. The maximum absolute atomic E-state index is 12.1. The summed E-state index contributed by atoms with van der Waals surface area (Å²) in [6.07, 6.45) is 8.78. The van der Waals surface area contributed by atoms with Crippen molar-refractivity contribution < 1.29 is 19.5 Å². The zero-order valence-corrected chi connectivity index (χ0v) is 11.7. The molecule has 1 fully saturated rings. The number of fused-ring (bicyclic) bond motifs is 1. The van der Waals surface area contributed by atoms with Crippen LogP contribution < -0.4 is 0 Å². The van der Waals surface area contributed by atoms with Gasteiger partial charge in [0, 0.05) is 6.20 Å². The topological polar surface area (TPSA) is 79.6 Å². The van der Waals surface area contributed by atoms with Crippen molar-refractivity contribution in [3.63, 3.8) is 0 Å². The summed E-state index contributed by atoms with van der Waals surface area (Å²) in [6, 6.07) is 1.17. The Morgan fingerprint density at radius 1 is 1.24 bits per heavy atom. The minimum Gasteiger partial charge on any atom is -0.480 e. The summed E-state index contributed by atoms with van der Waals surface area (Å²) in [5.41, 5.74) is 1.28. The van der Waals surface area contributed by atoms with Gasteiger partial charge in [0.2, 0.25) is 0 Å². The maximum atomic E-state index is 12.1. The molecule has 1 saturated carbocycles. The Balaban J connectivity index is 1.75. The van der Waals surface area contributed by atoms with Crippen molar-refractivity contribution in [2.75, 3.05) is 6.54 Å². The number of carbonyl (C=O) groups is 3. The predicted octanol–water partition coefficient (Wildman–Crippen LogP) is 2.12. The third-order valence-corrected chi connectivity index (χ3v) is 4.32. The smallest absolute Gasteiger partial charge is 0.336 e. The summed E-state index contributed by atoms with van der Waals surface area (Å²) in [4.78, 5) is 35.6. The Labute approximate surface area is 122 Å². The molecule has 0 radical (unpaired) electrons. The minimum absolute atomic E-state index is 0.284. The van der Waals surface area contributed by atoms with Crippen molar-refractivity contribution in [1.29, 1.82) is 0 Å². The molecule has 0 atom stereocenters. The monoisotopic (exact) mass is 290 g/mol. The van der Waals surface area contributed by atoms with E-state index in [-0.39, 0.29) is 5.69 Å². The number of aromatic nitrogens is 1. The third-order valence-electron chi connectivity index (χ3n) is 4.32. The van der Waals surface area contributed by atoms with E-state index in [9.17, 15) is 14.4 Å². The van der Waals surface area contributed by atoms with E-state index in [4.69, 9.17) is 5.11 Å². The van der Waals surface area contributed by atoms with Crippen LogP contribution in [-0.4, -0.2) is 39.0 Å². The number of carboxylic acids is 1. The molecule has 1 aliphatic carbocycles. The summed E-state index contributed by atoms with van der Waals surface area (Å²) in [5, 5.41) is 8.74. The molecular weight excluding hydrogens is 272 g/mol. The molecule has 0 bridgehead atoms. The second-order valence-corrected chi connectivity index (χ2v) is 5.88. The molecule has 6 nitrogen and oxygen atoms in total. The molecule has 2 amide bonds. The first-order valence-electron chi connectivity index (χ1n) is 7.35. The number of rotatable bonds is 4. The van der Waals surface area contributed by atoms with Crippen molar-refractivity contribution >= 4 is 17.9 Å². The van der Waals surface area contributed by atoms with E-state index in [0.29, 0.717) is 5.92 Å². The molecular formula is C15H18N2O4. The van der Waals surface area contributed by atoms with E-state index in [1.807, 2.05) is 0 Å². The Morgan fingerprint density at radius 3 is 2.57 bits per heavy atom. The molecule has 112 valence electrons. The number of amides is 2. The molecule has 1 aliphatic heterocycles. The molecule has 1 N–H and O–H groups in total. The van der Waals surface area contributed by atoms with E-state index in [1.165, 1.54) is 36.7 Å². The van der Waals surface area contributed by atoms with Gasteiger partial charge in [0.1, 0.15) is 12.2 Å². The van der Waals surface area contributed by atoms with Gasteiger partial charge in [0.05, 0.1) is 0 Å². The van der Waals surface area contributed by atoms with Crippen LogP contribution >= 0.6 is 0 Å². The zero-order valence-electron chi connectivity index (χ0n) is 11.7. The van der Waals surface area contributed by atoms with E-state index in [1.54, 1.807) is 12.3 Å². The first-order valence-corrected chi connectivity index (χ1v) is 7.35. The number of aliphatic carboxylic acids is 1. The van der Waals surface area contributed by atoms with Gasteiger partial charge in [-0.15, -0.1) is 0 Å². The van der Waals surface area contributed by atoms with Crippen molar-refractivity contribution in [3.8, 4) is 0 Å². The lowest BCUT2D eigenvalue weighted by Crippen LogP contribution is -2.35. The minimum atomic E-state index is -1.19. The Morgan fingerprint density at radius 2 is 1.95 bits per heavy atom. The van der Waals surface area contributed by atoms with Crippen LogP contribution in [0.4, 0.5) is 4.79 Å². The Kier molecular flexibility index (Phi) is 3.53. The lowest BCUT2D eigenvalue weighted by atomic mass is 9.85. The normalized spacial score (nSPS) is 19.1. The van der Waals surface area contributed by atoms with E-state index in [0.717, 1.165) is 16.9 Å². The van der Waals surface area contributed by atoms with Gasteiger partial charge in [-0.2, -0.15) is 0 Å². The standard InChI is InChI=1S/C15H18N2O4/c18-13(19)9-17-14(20)12-7-11(8-16(12)15(17)21)6-10-4-2-1-3-5-10/h7-8,10H,1-6,9H2,(H,18,19). The number of hydrogen-bond donors (Lipinski definition) is 1. The highest BCUT2D eigenvalue weighted by Crippen LogP contribution is 2.28. The lowest BCUT2D eigenvalue weighted by Gasteiger charge is -2.20. The fraction of sp³-hybridized carbons (Fsp3) is 0.533. The van der Waals surface area contributed by atoms with Gasteiger partial charge in [0.25, 0.3) is 5.91 Å². The molecule has 6 heteroatoms. The highest BCUT2D eigenvalue weighted by Gasteiger charge is 2.37. The number of carbonyl (C=O) groups excluding carboxylic acids is 2. The second kappa shape index (κ2) is 5.35. The molecule has 1 aromatic heterocycles. The summed E-state index contributed by atoms with van der Waals surface area (Å²) < 4.78 is 1.28. The van der Waals surface area contributed by atoms with Gasteiger partial charge in [0.15, 0.2) is 0 Å². The van der Waals surface area contributed by atoms with E-state index < -0.39 is 24.5 Å². The van der Waals surface area contributed by atoms with Crippen LogP contribution in [0.2, 0.25) is 0 Å². The van der Waals surface area contributed by atoms with Crippen LogP contribution in [0, 0.1) is 5.92 Å². The Hall–Kier alpha value is -2.11. The highest BCUT2D eigenvalue weighted by atomic mass is 16.4. The van der Waals surface area contributed by atoms with Gasteiger partial charge in [-0.25, -0.2) is 9.69 Å². The molecule has 0 unspecified atom stereocenters. The maximum Gasteiger partial charge on any atom is 0.336 e. The molecule has 0 spiro atoms. The zero-order chi connectivity index (χ0) is 15.0. The molecule has 2 heterocycles. The van der Waals surface area contributed by atoms with Gasteiger partial charge in [-0.1, -0.05) is 32.1 Å². The first kappa shape index (κ1) is 13.9. The van der Waals surface area contributed by atoms with Gasteiger partial charge in [-0.3, -0.25) is 14.2 Å². The van der Waals surface area contributed by atoms with Gasteiger partial charge < -0.3 is 5.11 Å². The number of hydrogen-bond acceptors (Lipinski definition) is 3. The van der Waals surface area contributed by atoms with Crippen LogP contribution in [0.25, 0.3) is 0 Å². The molecule has 3 rings (SSSR count). The van der Waals surface area contributed by atoms with Crippen molar-refractivity contribution in [2.45, 2.75) is 38.5 Å². The predicted molar refractivity (Wildman–Crippen MR) is 74.2 cm³/mol. The van der Waals surface area contributed by atoms with Crippen molar-refractivity contribution in [3.05, 3.63) is 23.5 Å². The fourth-order valence-electron chi connectivity index (χ4n) is 3.31. The highest BCUT2D eigenvalue weighted by molar-refractivity contribution is 6.12.